The number of pyridine rings is 1. The minimum absolute atomic E-state index is 0.0335. The lowest BCUT2D eigenvalue weighted by atomic mass is 10.1. The van der Waals surface area contributed by atoms with Gasteiger partial charge in [-0.05, 0) is 71.4 Å². The monoisotopic (exact) mass is 549 g/mol. The fourth-order valence-corrected chi connectivity index (χ4v) is 5.82. The van der Waals surface area contributed by atoms with E-state index in [0.717, 1.165) is 22.9 Å². The highest BCUT2D eigenvalue weighted by Crippen LogP contribution is 2.48. The zero-order valence-corrected chi connectivity index (χ0v) is 21.3. The number of likely N-dealkylation sites (tertiary alicyclic amines) is 1. The van der Waals surface area contributed by atoms with Crippen LogP contribution >= 0.6 is 15.9 Å². The van der Waals surface area contributed by atoms with E-state index in [1.54, 1.807) is 30.2 Å². The van der Waals surface area contributed by atoms with Crippen LogP contribution in [0.25, 0.3) is 21.9 Å². The Balaban J connectivity index is 1.35. The molecule has 4 aromatic rings. The van der Waals surface area contributed by atoms with Gasteiger partial charge in [0.2, 0.25) is 11.8 Å². The minimum Gasteiger partial charge on any atom is -0.497 e. The number of aromatic nitrogens is 4. The number of hydrogen-bond acceptors (Lipinski definition) is 7. The normalized spacial score (nSPS) is 20.5. The topological polar surface area (TPSA) is 128 Å². The second-order valence-electron chi connectivity index (χ2n) is 9.33. The van der Waals surface area contributed by atoms with Crippen LogP contribution in [0.15, 0.2) is 41.3 Å². The number of nitrogen functional groups attached to an aromatic ring is 1. The molecule has 1 saturated heterocycles. The second kappa shape index (κ2) is 8.44. The number of carbonyl (C=O) groups excluding carboxylic acids is 2. The van der Waals surface area contributed by atoms with E-state index in [9.17, 15) is 9.59 Å². The number of benzene rings is 1. The summed E-state index contributed by atoms with van der Waals surface area (Å²) in [4.78, 5) is 41.6. The molecule has 0 bridgehead atoms. The van der Waals surface area contributed by atoms with Gasteiger partial charge in [0, 0.05) is 11.4 Å². The number of piperidine rings is 1. The Kier molecular flexibility index (Phi) is 5.32. The number of carbonyl (C=O) groups is 2. The van der Waals surface area contributed by atoms with Crippen LogP contribution in [0.1, 0.15) is 18.4 Å². The highest BCUT2D eigenvalue weighted by atomic mass is 79.9. The predicted molar refractivity (Wildman–Crippen MR) is 138 cm³/mol. The fourth-order valence-electron chi connectivity index (χ4n) is 5.48. The van der Waals surface area contributed by atoms with Crippen molar-refractivity contribution in [3.05, 3.63) is 46.8 Å². The number of halogens is 1. The van der Waals surface area contributed by atoms with Crippen LogP contribution in [0.4, 0.5) is 11.6 Å². The average Bonchev–Trinajstić information content (AvgIpc) is 3.38. The number of nitrogens with zero attached hydrogens (tertiary/aromatic N) is 5. The fraction of sp³-hybridized carbons (Fsp3) is 0.320. The van der Waals surface area contributed by atoms with Crippen LogP contribution in [-0.2, 0) is 16.1 Å². The summed E-state index contributed by atoms with van der Waals surface area (Å²) in [5.41, 5.74) is 8.59. The van der Waals surface area contributed by atoms with E-state index >= 15 is 0 Å². The molecule has 1 aromatic carbocycles. The Labute approximate surface area is 215 Å². The third-order valence-corrected chi connectivity index (χ3v) is 7.56. The molecule has 0 radical (unpaired) electrons. The summed E-state index contributed by atoms with van der Waals surface area (Å²) in [7, 11) is 1.61. The van der Waals surface area contributed by atoms with E-state index in [2.05, 4.69) is 36.2 Å². The van der Waals surface area contributed by atoms with Gasteiger partial charge in [-0.2, -0.15) is 0 Å². The van der Waals surface area contributed by atoms with Gasteiger partial charge in [-0.15, -0.1) is 0 Å². The predicted octanol–water partition coefficient (Wildman–Crippen LogP) is 3.27. The van der Waals surface area contributed by atoms with Gasteiger partial charge in [-0.1, -0.05) is 6.07 Å². The van der Waals surface area contributed by atoms with Gasteiger partial charge in [-0.3, -0.25) is 9.59 Å². The maximum absolute atomic E-state index is 13.8. The Bertz CT molecular complexity index is 1550. The molecule has 3 aromatic heterocycles. The molecule has 6 rings (SSSR count). The van der Waals surface area contributed by atoms with Crippen molar-refractivity contribution in [3.8, 4) is 5.75 Å². The number of anilines is 2. The maximum atomic E-state index is 13.8. The summed E-state index contributed by atoms with van der Waals surface area (Å²) in [5.74, 6) is 1.46. The van der Waals surface area contributed by atoms with Crippen LogP contribution in [0.2, 0.25) is 0 Å². The summed E-state index contributed by atoms with van der Waals surface area (Å²) < 4.78 is 7.96. The number of ether oxygens (including phenoxy) is 1. The maximum Gasteiger partial charge on any atom is 0.248 e. The van der Waals surface area contributed by atoms with Crippen molar-refractivity contribution < 1.29 is 14.3 Å². The summed E-state index contributed by atoms with van der Waals surface area (Å²) in [6.45, 7) is 1.99. The first-order valence-electron chi connectivity index (χ1n) is 11.7. The molecule has 2 amide bonds. The van der Waals surface area contributed by atoms with Gasteiger partial charge < -0.3 is 25.3 Å². The highest BCUT2D eigenvalue weighted by molar-refractivity contribution is 9.10. The third kappa shape index (κ3) is 3.65. The van der Waals surface area contributed by atoms with E-state index in [0.29, 0.717) is 45.4 Å². The van der Waals surface area contributed by atoms with Crippen molar-refractivity contribution in [2.75, 3.05) is 18.2 Å². The molecule has 2 fully saturated rings. The number of nitrogens with two attached hydrogens (primary N) is 1. The minimum atomic E-state index is -0.545. The molecule has 1 unspecified atom stereocenters. The Hall–Kier alpha value is -3.73. The summed E-state index contributed by atoms with van der Waals surface area (Å²) >= 11 is 3.32. The molecular formula is C25H24BrN7O3. The van der Waals surface area contributed by atoms with E-state index in [1.165, 1.54) is 6.33 Å². The van der Waals surface area contributed by atoms with Crippen molar-refractivity contribution >= 4 is 61.3 Å². The Morgan fingerprint density at radius 2 is 2.08 bits per heavy atom. The largest absolute Gasteiger partial charge is 0.497 e. The van der Waals surface area contributed by atoms with Crippen molar-refractivity contribution in [3.63, 3.8) is 0 Å². The van der Waals surface area contributed by atoms with Gasteiger partial charge >= 0.3 is 0 Å². The van der Waals surface area contributed by atoms with Crippen molar-refractivity contribution in [2.24, 2.45) is 5.92 Å². The third-order valence-electron chi connectivity index (χ3n) is 7.12. The zero-order chi connectivity index (χ0) is 25.1. The first-order valence-corrected chi connectivity index (χ1v) is 12.5. The summed E-state index contributed by atoms with van der Waals surface area (Å²) in [6, 6.07) is 8.65. The van der Waals surface area contributed by atoms with E-state index < -0.39 is 6.04 Å². The SMILES string of the molecule is COc1cc(C)c2c(c1)c1c(N)ncnc1n2CC(=O)N1[C@@H]2CC2C[C@H]1C(=O)Nc1cccc(Br)n1. The molecular weight excluding hydrogens is 526 g/mol. The molecule has 184 valence electrons. The smallest absolute Gasteiger partial charge is 0.248 e. The van der Waals surface area contributed by atoms with E-state index in [-0.39, 0.29) is 24.4 Å². The van der Waals surface area contributed by atoms with Crippen LogP contribution in [0.3, 0.4) is 0 Å². The number of hydrogen-bond donors (Lipinski definition) is 2. The molecule has 3 N–H and O–H groups in total. The molecule has 0 spiro atoms. The van der Waals surface area contributed by atoms with Gasteiger partial charge in [0.15, 0.2) is 0 Å². The molecule has 2 aliphatic rings. The van der Waals surface area contributed by atoms with Crippen LogP contribution in [0, 0.1) is 12.8 Å². The average molecular weight is 550 g/mol. The lowest BCUT2D eigenvalue weighted by molar-refractivity contribution is -0.138. The van der Waals surface area contributed by atoms with Crippen LogP contribution < -0.4 is 15.8 Å². The van der Waals surface area contributed by atoms with Gasteiger partial charge in [0.05, 0.1) is 18.0 Å². The van der Waals surface area contributed by atoms with E-state index in [1.807, 2.05) is 23.6 Å². The second-order valence-corrected chi connectivity index (χ2v) is 10.1. The molecule has 10 nitrogen and oxygen atoms in total. The number of amides is 2. The molecule has 1 aliphatic carbocycles. The quantitative estimate of drug-likeness (QED) is 0.365. The lowest BCUT2D eigenvalue weighted by Gasteiger charge is -2.27. The van der Waals surface area contributed by atoms with Crippen molar-refractivity contribution in [2.45, 2.75) is 38.4 Å². The molecule has 1 saturated carbocycles. The first-order chi connectivity index (χ1) is 17.4. The molecule has 11 heteroatoms. The number of fused-ring (bicyclic) bond motifs is 4. The Morgan fingerprint density at radius 3 is 2.86 bits per heavy atom. The molecule has 36 heavy (non-hydrogen) atoms. The highest BCUT2D eigenvalue weighted by Gasteiger charge is 2.56. The Morgan fingerprint density at radius 1 is 1.25 bits per heavy atom. The van der Waals surface area contributed by atoms with Gasteiger partial charge in [0.25, 0.3) is 0 Å². The number of nitrogens with one attached hydrogen (secondary N) is 1. The molecule has 3 atom stereocenters. The number of aryl methyl sites for hydroxylation is 1. The zero-order valence-electron chi connectivity index (χ0n) is 19.7. The number of methoxy groups -OCH3 is 1. The molecule has 4 heterocycles. The number of rotatable bonds is 5. The van der Waals surface area contributed by atoms with E-state index in [4.69, 9.17) is 10.5 Å². The lowest BCUT2D eigenvalue weighted by Crippen LogP contribution is -2.46. The van der Waals surface area contributed by atoms with Gasteiger partial charge in [-0.25, -0.2) is 15.0 Å². The molecule has 1 aliphatic heterocycles. The van der Waals surface area contributed by atoms with Gasteiger partial charge in [0.1, 0.15) is 46.5 Å². The van der Waals surface area contributed by atoms with Crippen molar-refractivity contribution in [1.29, 1.82) is 0 Å². The summed E-state index contributed by atoms with van der Waals surface area (Å²) in [5, 5.41) is 4.38. The van der Waals surface area contributed by atoms with Crippen LogP contribution in [0.5, 0.6) is 5.75 Å². The standard InChI is InChI=1S/C25H24BrN7O3/c1-12-6-14(36-2)9-15-21-23(27)28-11-29-24(21)32(22(12)15)10-20(34)33-16-7-13(16)8-17(33)25(35)31-19-5-3-4-18(26)30-19/h3-6,9,11,13,16-17H,7-8,10H2,1-2H3,(H2,27,28,29)(H,30,31,35)/t13?,16-,17+/m1/s1. The summed E-state index contributed by atoms with van der Waals surface area (Å²) in [6.07, 6.45) is 2.97. The van der Waals surface area contributed by atoms with Crippen molar-refractivity contribution in [1.82, 2.24) is 24.4 Å². The first kappa shape index (κ1) is 22.7. The van der Waals surface area contributed by atoms with Crippen LogP contribution in [-0.4, -0.2) is 55.4 Å².